The van der Waals surface area contributed by atoms with Crippen molar-refractivity contribution in [3.63, 3.8) is 0 Å². The zero-order valence-corrected chi connectivity index (χ0v) is 29.6. The normalized spacial score (nSPS) is 38.4. The fourth-order valence-corrected chi connectivity index (χ4v) is 10.5. The molecule has 6 nitrogen and oxygen atoms in total. The summed E-state index contributed by atoms with van der Waals surface area (Å²) in [6, 6.07) is 0.223. The Balaban J connectivity index is 1.56. The fraction of sp³-hybridized carbons (Fsp3) is 0.946. The first-order valence-corrected chi connectivity index (χ1v) is 17.8. The number of rotatable bonds is 7. The number of ether oxygens (including phenoxy) is 2. The minimum atomic E-state index is -0.523. The molecule has 0 aliphatic heterocycles. The predicted molar refractivity (Wildman–Crippen MR) is 175 cm³/mol. The maximum absolute atomic E-state index is 13.3. The average Bonchev–Trinajstić information content (AvgIpc) is 3.19. The standard InChI is InChI=1S/C37H66N2O4/c1-23(2)13-12-14-24(3)27-15-16-28-31-29(18-20-37(27,28)11)36(10)19-17-26(38-32(40)42-34(4,5)6)21-25(36)22-30(31)39-33(41)43-35(7,8)9/h23-31H,12-22H2,1-11H3,(H,38,40)(H,39,41)/t24-,25-,26-,27-,28+,29+,30-,31+,36+,37-/m1/s1. The van der Waals surface area contributed by atoms with Gasteiger partial charge in [-0.25, -0.2) is 9.59 Å². The van der Waals surface area contributed by atoms with Gasteiger partial charge in [-0.1, -0.05) is 53.9 Å². The third-order valence-electron chi connectivity index (χ3n) is 12.3. The molecule has 0 radical (unpaired) electrons. The zero-order valence-electron chi connectivity index (χ0n) is 29.6. The largest absolute Gasteiger partial charge is 0.444 e. The lowest BCUT2D eigenvalue weighted by molar-refractivity contribution is -0.131. The van der Waals surface area contributed by atoms with Gasteiger partial charge in [0.1, 0.15) is 11.2 Å². The first kappa shape index (κ1) is 34.4. The molecule has 4 aliphatic rings. The molecular formula is C37H66N2O4. The first-order valence-electron chi connectivity index (χ1n) is 17.8. The molecule has 4 saturated carbocycles. The van der Waals surface area contributed by atoms with Crippen LogP contribution in [0, 0.1) is 52.3 Å². The molecule has 43 heavy (non-hydrogen) atoms. The van der Waals surface area contributed by atoms with Crippen molar-refractivity contribution in [2.24, 2.45) is 52.3 Å². The van der Waals surface area contributed by atoms with Gasteiger partial charge in [0, 0.05) is 12.1 Å². The molecule has 2 amide bonds. The topological polar surface area (TPSA) is 76.7 Å². The van der Waals surface area contributed by atoms with Crippen molar-refractivity contribution in [3.05, 3.63) is 0 Å². The van der Waals surface area contributed by atoms with Crippen molar-refractivity contribution in [1.82, 2.24) is 10.6 Å². The van der Waals surface area contributed by atoms with Crippen molar-refractivity contribution in [3.8, 4) is 0 Å². The van der Waals surface area contributed by atoms with E-state index in [1.165, 1.54) is 44.9 Å². The first-order chi connectivity index (χ1) is 19.8. The number of carbonyl (C=O) groups excluding carboxylic acids is 2. The summed E-state index contributed by atoms with van der Waals surface area (Å²) < 4.78 is 11.4. The Morgan fingerprint density at radius 2 is 1.35 bits per heavy atom. The number of carbonyl (C=O) groups is 2. The van der Waals surface area contributed by atoms with E-state index in [1.807, 2.05) is 41.5 Å². The van der Waals surface area contributed by atoms with E-state index in [2.05, 4.69) is 45.3 Å². The lowest BCUT2D eigenvalue weighted by Gasteiger charge is -2.63. The molecule has 10 atom stereocenters. The summed E-state index contributed by atoms with van der Waals surface area (Å²) in [7, 11) is 0. The second kappa shape index (κ2) is 12.7. The summed E-state index contributed by atoms with van der Waals surface area (Å²) in [4.78, 5) is 26.0. The minimum absolute atomic E-state index is 0.109. The number of hydrogen-bond acceptors (Lipinski definition) is 4. The molecule has 4 fully saturated rings. The lowest BCUT2D eigenvalue weighted by Crippen LogP contribution is -2.63. The number of nitrogens with one attached hydrogen (secondary N) is 2. The van der Waals surface area contributed by atoms with Gasteiger partial charge >= 0.3 is 12.2 Å². The number of fused-ring (bicyclic) bond motifs is 5. The summed E-state index contributed by atoms with van der Waals surface area (Å²) in [5, 5.41) is 6.66. The second-order valence-corrected chi connectivity index (χ2v) is 18.1. The van der Waals surface area contributed by atoms with E-state index in [-0.39, 0.29) is 29.7 Å². The van der Waals surface area contributed by atoms with Gasteiger partial charge in [-0.15, -0.1) is 0 Å². The molecule has 0 spiro atoms. The molecule has 6 heteroatoms. The van der Waals surface area contributed by atoms with E-state index >= 15 is 0 Å². The number of amides is 2. The van der Waals surface area contributed by atoms with Crippen LogP contribution in [0.2, 0.25) is 0 Å². The average molecular weight is 603 g/mol. The van der Waals surface area contributed by atoms with Gasteiger partial charge in [0.2, 0.25) is 0 Å². The third kappa shape index (κ3) is 7.86. The zero-order chi connectivity index (χ0) is 32.0. The van der Waals surface area contributed by atoms with Gasteiger partial charge in [0.15, 0.2) is 0 Å². The van der Waals surface area contributed by atoms with Gasteiger partial charge < -0.3 is 20.1 Å². The lowest BCUT2D eigenvalue weighted by atomic mass is 9.43. The van der Waals surface area contributed by atoms with Crippen molar-refractivity contribution in [1.29, 1.82) is 0 Å². The molecule has 4 rings (SSSR count). The van der Waals surface area contributed by atoms with Crippen molar-refractivity contribution < 1.29 is 19.1 Å². The summed E-state index contributed by atoms with van der Waals surface area (Å²) in [6.07, 6.45) is 12.6. The van der Waals surface area contributed by atoms with Gasteiger partial charge in [0.25, 0.3) is 0 Å². The SMILES string of the molecule is CC(C)CCC[C@@H](C)[C@H]1CC[C@H]2[C@@H]3[C@H](NC(=O)OC(C)(C)C)C[C@H]4C[C@H](NC(=O)OC(C)(C)C)CC[C@]4(C)[C@H]3CC[C@]12C. The van der Waals surface area contributed by atoms with Gasteiger partial charge in [-0.3, -0.25) is 0 Å². The smallest absolute Gasteiger partial charge is 0.407 e. The molecule has 0 heterocycles. The van der Waals surface area contributed by atoms with Crippen LogP contribution < -0.4 is 10.6 Å². The second-order valence-electron chi connectivity index (χ2n) is 18.1. The Morgan fingerprint density at radius 3 is 1.95 bits per heavy atom. The van der Waals surface area contributed by atoms with E-state index in [4.69, 9.17) is 9.47 Å². The van der Waals surface area contributed by atoms with Crippen LogP contribution in [0.4, 0.5) is 9.59 Å². The molecule has 4 aliphatic carbocycles. The van der Waals surface area contributed by atoms with Crippen LogP contribution in [-0.2, 0) is 9.47 Å². The fourth-order valence-electron chi connectivity index (χ4n) is 10.5. The Bertz CT molecular complexity index is 982. The Hall–Kier alpha value is -1.46. The molecule has 0 bridgehead atoms. The van der Waals surface area contributed by atoms with E-state index in [9.17, 15) is 9.59 Å². The number of hydrogen-bond donors (Lipinski definition) is 2. The highest BCUT2D eigenvalue weighted by Gasteiger charge is 2.63. The van der Waals surface area contributed by atoms with E-state index in [0.717, 1.165) is 43.4 Å². The highest BCUT2D eigenvalue weighted by molar-refractivity contribution is 5.68. The van der Waals surface area contributed by atoms with Crippen molar-refractivity contribution >= 4 is 12.2 Å². The molecule has 0 aromatic carbocycles. The summed E-state index contributed by atoms with van der Waals surface area (Å²) in [5.74, 6) is 4.45. The van der Waals surface area contributed by atoms with E-state index in [0.29, 0.717) is 29.1 Å². The minimum Gasteiger partial charge on any atom is -0.444 e. The maximum Gasteiger partial charge on any atom is 0.407 e. The van der Waals surface area contributed by atoms with E-state index < -0.39 is 11.2 Å². The Morgan fingerprint density at radius 1 is 0.767 bits per heavy atom. The Kier molecular flexibility index (Phi) is 10.2. The summed E-state index contributed by atoms with van der Waals surface area (Å²) >= 11 is 0. The molecule has 0 saturated heterocycles. The molecule has 248 valence electrons. The molecule has 0 aromatic rings. The highest BCUT2D eigenvalue weighted by atomic mass is 16.6. The van der Waals surface area contributed by atoms with Crippen LogP contribution in [-0.4, -0.2) is 35.5 Å². The maximum atomic E-state index is 13.3. The summed E-state index contributed by atoms with van der Waals surface area (Å²) in [6.45, 7) is 23.9. The predicted octanol–water partition coefficient (Wildman–Crippen LogP) is 9.50. The molecule has 0 aromatic heterocycles. The molecular weight excluding hydrogens is 536 g/mol. The highest BCUT2D eigenvalue weighted by Crippen LogP contribution is 2.68. The van der Waals surface area contributed by atoms with Crippen LogP contribution in [0.15, 0.2) is 0 Å². The van der Waals surface area contributed by atoms with Gasteiger partial charge in [-0.2, -0.15) is 0 Å². The van der Waals surface area contributed by atoms with Crippen LogP contribution in [0.25, 0.3) is 0 Å². The number of alkyl carbamates (subject to hydrolysis) is 2. The quantitative estimate of drug-likeness (QED) is 0.304. The summed E-state index contributed by atoms with van der Waals surface area (Å²) in [5.41, 5.74) is -0.464. The van der Waals surface area contributed by atoms with Crippen LogP contribution in [0.5, 0.6) is 0 Å². The molecule has 2 N–H and O–H groups in total. The van der Waals surface area contributed by atoms with Crippen LogP contribution in [0.1, 0.15) is 147 Å². The Labute approximate surface area is 264 Å². The van der Waals surface area contributed by atoms with Crippen LogP contribution in [0.3, 0.4) is 0 Å². The van der Waals surface area contributed by atoms with E-state index in [1.54, 1.807) is 0 Å². The van der Waals surface area contributed by atoms with Crippen molar-refractivity contribution in [2.45, 2.75) is 170 Å². The van der Waals surface area contributed by atoms with Gasteiger partial charge in [-0.05, 0) is 145 Å². The van der Waals surface area contributed by atoms with Crippen molar-refractivity contribution in [2.75, 3.05) is 0 Å². The molecule has 0 unspecified atom stereocenters. The monoisotopic (exact) mass is 603 g/mol. The van der Waals surface area contributed by atoms with Crippen LogP contribution >= 0.6 is 0 Å². The van der Waals surface area contributed by atoms with Gasteiger partial charge in [0.05, 0.1) is 0 Å². The third-order valence-corrected chi connectivity index (χ3v) is 12.3.